The maximum absolute atomic E-state index is 14.4. The number of aliphatic hydroxyl groups excluding tert-OH is 5. The van der Waals surface area contributed by atoms with Crippen LogP contribution in [0.25, 0.3) is 39.5 Å². The van der Waals surface area contributed by atoms with Gasteiger partial charge >= 0.3 is 5.97 Å². The van der Waals surface area contributed by atoms with Crippen LogP contribution in [0.5, 0.6) is 34.5 Å². The zero-order valence-corrected chi connectivity index (χ0v) is 27.9. The van der Waals surface area contributed by atoms with Gasteiger partial charge in [0.15, 0.2) is 23.5 Å². The lowest BCUT2D eigenvalue weighted by molar-refractivity contribution is -0.350. The molecule has 54 heavy (non-hydrogen) atoms. The smallest absolute Gasteiger partial charge is 0.330 e. The van der Waals surface area contributed by atoms with Gasteiger partial charge in [-0.1, -0.05) is 6.07 Å². The summed E-state index contributed by atoms with van der Waals surface area (Å²) in [6.07, 6.45) is -15.4. The normalized spacial score (nSPS) is 30.7. The first-order chi connectivity index (χ1) is 25.6. The summed E-state index contributed by atoms with van der Waals surface area (Å²) in [7, 11) is 0. The first-order valence-electron chi connectivity index (χ1n) is 16.4. The first-order valence-corrected chi connectivity index (χ1v) is 16.4. The van der Waals surface area contributed by atoms with Gasteiger partial charge in [-0.05, 0) is 48.9 Å². The number of ether oxygens (including phenoxy) is 5. The topological polar surface area (TPSA) is 296 Å². The summed E-state index contributed by atoms with van der Waals surface area (Å²) in [4.78, 5) is 27.1. The van der Waals surface area contributed by atoms with E-state index in [1.807, 2.05) is 0 Å². The van der Waals surface area contributed by atoms with E-state index in [4.69, 9.17) is 28.1 Å². The molecule has 0 spiro atoms. The van der Waals surface area contributed by atoms with Crippen LogP contribution in [-0.4, -0.2) is 125 Å². The van der Waals surface area contributed by atoms with Gasteiger partial charge in [0.1, 0.15) is 77.6 Å². The molecule has 0 unspecified atom stereocenters. The highest BCUT2D eigenvalue weighted by Crippen LogP contribution is 2.47. The number of aliphatic hydroxyl groups is 5. The summed E-state index contributed by atoms with van der Waals surface area (Å²) in [5.74, 6) is -5.37. The Morgan fingerprint density at radius 2 is 1.43 bits per heavy atom. The minimum atomic E-state index is -2.02. The van der Waals surface area contributed by atoms with Crippen LogP contribution >= 0.6 is 0 Å². The molecule has 0 saturated carbocycles. The molecule has 1 aromatic heterocycles. The largest absolute Gasteiger partial charge is 0.507 e. The number of hydrogen-bond acceptors (Lipinski definition) is 18. The number of carbonyl (C=O) groups is 1. The number of aromatic hydroxyl groups is 5. The van der Waals surface area contributed by atoms with Crippen molar-refractivity contribution in [3.63, 3.8) is 0 Å². The average molecular weight is 755 g/mol. The minimum Gasteiger partial charge on any atom is -0.507 e. The van der Waals surface area contributed by atoms with Crippen LogP contribution in [0, 0.1) is 0 Å². The molecule has 7 rings (SSSR count). The highest BCUT2D eigenvalue weighted by molar-refractivity contribution is 5.98. The van der Waals surface area contributed by atoms with Gasteiger partial charge in [0.25, 0.3) is 0 Å². The third kappa shape index (κ3) is 6.43. The van der Waals surface area contributed by atoms with Gasteiger partial charge in [-0.25, -0.2) is 4.79 Å². The lowest BCUT2D eigenvalue weighted by Gasteiger charge is -2.45. The zero-order chi connectivity index (χ0) is 38.7. The lowest BCUT2D eigenvalue weighted by Crippen LogP contribution is -2.64. The number of benzene rings is 3. The fourth-order valence-corrected chi connectivity index (χ4v) is 6.46. The molecule has 3 aliphatic rings. The average Bonchev–Trinajstić information content (AvgIpc) is 3.13. The van der Waals surface area contributed by atoms with Gasteiger partial charge in [0.2, 0.25) is 17.5 Å². The lowest BCUT2D eigenvalue weighted by atomic mass is 9.97. The minimum absolute atomic E-state index is 0.0784. The number of phenolic OH excluding ortho intramolecular Hbond substituents is 5. The van der Waals surface area contributed by atoms with E-state index in [1.165, 1.54) is 37.3 Å². The van der Waals surface area contributed by atoms with E-state index in [9.17, 15) is 60.7 Å². The summed E-state index contributed by atoms with van der Waals surface area (Å²) in [5.41, 5.74) is -2.03. The predicted molar refractivity (Wildman–Crippen MR) is 180 cm³/mol. The summed E-state index contributed by atoms with van der Waals surface area (Å²) >= 11 is 0. The summed E-state index contributed by atoms with van der Waals surface area (Å²) in [5, 5.41) is 108. The number of cyclic esters (lactones) is 1. The fourth-order valence-electron chi connectivity index (χ4n) is 6.46. The molecule has 18 heteroatoms. The summed E-state index contributed by atoms with van der Waals surface area (Å²) in [6.45, 7) is 0.680. The maximum atomic E-state index is 14.4. The molecule has 3 aromatic carbocycles. The van der Waals surface area contributed by atoms with Crippen molar-refractivity contribution < 1.29 is 84.0 Å². The van der Waals surface area contributed by atoms with Crippen molar-refractivity contribution in [3.05, 3.63) is 64.3 Å². The quantitative estimate of drug-likeness (QED) is 0.0921. The van der Waals surface area contributed by atoms with E-state index < -0.39 is 136 Å². The molecule has 18 nitrogen and oxygen atoms in total. The molecule has 10 atom stereocenters. The second-order valence-corrected chi connectivity index (χ2v) is 12.9. The van der Waals surface area contributed by atoms with Crippen molar-refractivity contribution in [2.24, 2.45) is 0 Å². The fraction of sp³-hybridized carbons (Fsp3) is 0.333. The number of rotatable bonds is 1. The zero-order valence-electron chi connectivity index (χ0n) is 27.9. The van der Waals surface area contributed by atoms with E-state index in [2.05, 4.69) is 0 Å². The van der Waals surface area contributed by atoms with Crippen molar-refractivity contribution in [1.29, 1.82) is 0 Å². The van der Waals surface area contributed by atoms with E-state index in [0.29, 0.717) is 0 Å². The van der Waals surface area contributed by atoms with Crippen LogP contribution in [-0.2, 0) is 23.7 Å². The molecule has 0 radical (unpaired) electrons. The molecule has 9 bridgehead atoms. The Morgan fingerprint density at radius 1 is 0.685 bits per heavy atom. The van der Waals surface area contributed by atoms with E-state index in [1.54, 1.807) is 0 Å². The van der Waals surface area contributed by atoms with Crippen molar-refractivity contribution in [3.8, 4) is 56.9 Å². The monoisotopic (exact) mass is 754 g/mol. The van der Waals surface area contributed by atoms with Gasteiger partial charge < -0.3 is 79.2 Å². The SMILES string of the molecule is C[C@@H]1O[C@H]2Oc3c(-c4ccc(O)c(O)c4)oc4cc(O)c(c(O)c4c3=O)-c3cc(ccc3O)/C=C/C(=O)OC[C@H]3O[C@@H](O[C@H]([C@H]1O)[C@H]2O)[C@H](O)[C@@H](O)[C@@H]3O. The first kappa shape index (κ1) is 36.9. The summed E-state index contributed by atoms with van der Waals surface area (Å²) < 4.78 is 34.2. The van der Waals surface area contributed by atoms with Crippen molar-refractivity contribution in [2.75, 3.05) is 6.61 Å². The Balaban J connectivity index is 1.44. The molecule has 2 saturated heterocycles. The number of hydrogen-bond donors (Lipinski definition) is 10. The van der Waals surface area contributed by atoms with Crippen LogP contribution in [0.15, 0.2) is 57.8 Å². The van der Waals surface area contributed by atoms with Crippen LogP contribution in [0.3, 0.4) is 0 Å². The number of esters is 1. The van der Waals surface area contributed by atoms with Crippen molar-refractivity contribution in [1.82, 2.24) is 0 Å². The Morgan fingerprint density at radius 3 is 2.17 bits per heavy atom. The second kappa shape index (κ2) is 14.1. The van der Waals surface area contributed by atoms with Gasteiger partial charge in [-0.2, -0.15) is 0 Å². The van der Waals surface area contributed by atoms with E-state index in [-0.39, 0.29) is 16.7 Å². The molecule has 2 fully saturated rings. The second-order valence-electron chi connectivity index (χ2n) is 12.9. The third-order valence-corrected chi connectivity index (χ3v) is 9.40. The number of carbonyl (C=O) groups excluding carboxylic acids is 1. The predicted octanol–water partition coefficient (Wildman–Crippen LogP) is 0.263. The standard InChI is InChI=1S/C36H34O18/c1-12-25(42)33-31(48)36(50-12)54-34-28(45)24-20(51-32(34)14-4-6-17(38)18(39)9-14)10-19(40)23(27(24)44)15-8-13(2-5-16(15)37)3-7-22(41)49-11-21-26(43)29(46)30(47)35(52-21)53-33/h2-10,12,21,25-26,29-31,33,35-40,42-44,46-48H,11H2,1H3/b7-3+/t12-,21+,25-,26+,29-,30+,31+,33+,35-,36-/m0/s1. The Labute approximate surface area is 303 Å². The van der Waals surface area contributed by atoms with Crippen LogP contribution < -0.4 is 10.2 Å². The third-order valence-electron chi connectivity index (χ3n) is 9.40. The van der Waals surface area contributed by atoms with Crippen LogP contribution in [0.2, 0.25) is 0 Å². The maximum Gasteiger partial charge on any atom is 0.330 e. The Bertz CT molecular complexity index is 2200. The Kier molecular flexibility index (Phi) is 9.62. The van der Waals surface area contributed by atoms with E-state index in [0.717, 1.165) is 24.3 Å². The molecule has 10 N–H and O–H groups in total. The molecule has 3 aliphatic heterocycles. The van der Waals surface area contributed by atoms with Crippen molar-refractivity contribution in [2.45, 2.75) is 68.3 Å². The molecule has 0 aliphatic carbocycles. The van der Waals surface area contributed by atoms with E-state index >= 15 is 0 Å². The van der Waals surface area contributed by atoms with Gasteiger partial charge in [-0.3, -0.25) is 4.79 Å². The molecule has 286 valence electrons. The number of fused-ring (bicyclic) bond motifs is 9. The molecule has 4 heterocycles. The van der Waals surface area contributed by atoms with Crippen LogP contribution in [0.4, 0.5) is 0 Å². The molecule has 4 aromatic rings. The molecular formula is C36H34O18. The summed E-state index contributed by atoms with van der Waals surface area (Å²) in [6, 6.07) is 8.09. The molecule has 0 amide bonds. The van der Waals surface area contributed by atoms with Gasteiger partial charge in [-0.15, -0.1) is 0 Å². The van der Waals surface area contributed by atoms with Gasteiger partial charge in [0, 0.05) is 23.3 Å². The Hall–Kier alpha value is -5.44. The highest BCUT2D eigenvalue weighted by atomic mass is 16.7. The van der Waals surface area contributed by atoms with Crippen LogP contribution in [0.1, 0.15) is 12.5 Å². The molecular weight excluding hydrogens is 720 g/mol. The number of phenols is 5. The van der Waals surface area contributed by atoms with Gasteiger partial charge in [0.05, 0.1) is 11.7 Å². The highest BCUT2D eigenvalue weighted by Gasteiger charge is 2.51. The van der Waals surface area contributed by atoms with Crippen molar-refractivity contribution >= 4 is 23.0 Å².